The molecule has 0 bridgehead atoms. The first kappa shape index (κ1) is 15.3. The van der Waals surface area contributed by atoms with E-state index in [1.165, 1.54) is 6.08 Å². The zero-order valence-corrected chi connectivity index (χ0v) is 12.2. The number of methoxy groups -OCH3 is 1. The van der Waals surface area contributed by atoms with Crippen LogP contribution in [0.25, 0.3) is 6.08 Å². The van der Waals surface area contributed by atoms with Gasteiger partial charge < -0.3 is 9.84 Å². The number of hydrogen-bond donors (Lipinski definition) is 1. The Labute approximate surface area is 114 Å². The number of carboxylic acid groups (broad SMARTS) is 1. The van der Waals surface area contributed by atoms with Crippen LogP contribution >= 0.6 is 0 Å². The predicted molar refractivity (Wildman–Crippen MR) is 77.8 cm³/mol. The molecule has 1 N–H and O–H groups in total. The molecule has 3 heteroatoms. The zero-order valence-electron chi connectivity index (χ0n) is 12.2. The quantitative estimate of drug-likeness (QED) is 0.815. The Bertz CT molecular complexity index is 485. The Hall–Kier alpha value is -1.77. The molecule has 0 aliphatic rings. The summed E-state index contributed by atoms with van der Waals surface area (Å²) in [6, 6.07) is 3.82. The van der Waals surface area contributed by atoms with E-state index < -0.39 is 5.97 Å². The number of ether oxygens (including phenoxy) is 1. The molecule has 0 heterocycles. The summed E-state index contributed by atoms with van der Waals surface area (Å²) in [6.07, 6.45) is 2.83. The van der Waals surface area contributed by atoms with Crippen molar-refractivity contribution in [3.63, 3.8) is 0 Å². The molecule has 0 unspecified atom stereocenters. The van der Waals surface area contributed by atoms with Crippen molar-refractivity contribution in [2.75, 3.05) is 7.11 Å². The number of carboxylic acids is 1. The summed E-state index contributed by atoms with van der Waals surface area (Å²) >= 11 is 0. The largest absolute Gasteiger partial charge is 0.496 e. The van der Waals surface area contributed by atoms with E-state index >= 15 is 0 Å². The topological polar surface area (TPSA) is 46.5 Å². The van der Waals surface area contributed by atoms with Crippen LogP contribution in [0, 0.1) is 0 Å². The Balaban J connectivity index is 3.49. The summed E-state index contributed by atoms with van der Waals surface area (Å²) in [4.78, 5) is 10.7. The first-order chi connectivity index (χ1) is 8.88. The second kappa shape index (κ2) is 6.41. The lowest BCUT2D eigenvalue weighted by Crippen LogP contribution is -2.04. The molecule has 1 rings (SSSR count). The fourth-order valence-electron chi connectivity index (χ4n) is 2.36. The van der Waals surface area contributed by atoms with Gasteiger partial charge in [-0.1, -0.05) is 33.8 Å². The van der Waals surface area contributed by atoms with E-state index in [-0.39, 0.29) is 0 Å². The lowest BCUT2D eigenvalue weighted by Gasteiger charge is -2.21. The molecular weight excluding hydrogens is 240 g/mol. The molecule has 104 valence electrons. The van der Waals surface area contributed by atoms with Crippen molar-refractivity contribution in [1.29, 1.82) is 0 Å². The van der Waals surface area contributed by atoms with Crippen LogP contribution in [-0.2, 0) is 4.79 Å². The molecule has 0 spiro atoms. The average Bonchev–Trinajstić information content (AvgIpc) is 2.34. The number of hydrogen-bond acceptors (Lipinski definition) is 2. The molecule has 3 nitrogen and oxygen atoms in total. The van der Waals surface area contributed by atoms with Gasteiger partial charge in [-0.05, 0) is 35.1 Å². The van der Waals surface area contributed by atoms with E-state index in [9.17, 15) is 4.79 Å². The third-order valence-electron chi connectivity index (χ3n) is 3.06. The van der Waals surface area contributed by atoms with E-state index in [1.54, 1.807) is 13.2 Å². The molecule has 1 aromatic carbocycles. The van der Waals surface area contributed by atoms with Gasteiger partial charge in [-0.2, -0.15) is 0 Å². The third-order valence-corrected chi connectivity index (χ3v) is 3.06. The highest BCUT2D eigenvalue weighted by atomic mass is 16.5. The third kappa shape index (κ3) is 3.60. The van der Waals surface area contributed by atoms with Gasteiger partial charge in [-0.25, -0.2) is 4.79 Å². The summed E-state index contributed by atoms with van der Waals surface area (Å²) in [5.74, 6) is 0.564. The Kier molecular flexibility index (Phi) is 5.16. The van der Waals surface area contributed by atoms with Crippen LogP contribution < -0.4 is 4.74 Å². The van der Waals surface area contributed by atoms with E-state index in [4.69, 9.17) is 9.84 Å². The number of aliphatic carboxylic acids is 1. The average molecular weight is 262 g/mol. The normalized spacial score (nSPS) is 11.5. The van der Waals surface area contributed by atoms with Crippen LogP contribution in [0.15, 0.2) is 18.2 Å². The first-order valence-electron chi connectivity index (χ1n) is 6.50. The van der Waals surface area contributed by atoms with Gasteiger partial charge in [0.25, 0.3) is 0 Å². The van der Waals surface area contributed by atoms with Crippen LogP contribution in [-0.4, -0.2) is 18.2 Å². The molecule has 0 fully saturated rings. The van der Waals surface area contributed by atoms with Gasteiger partial charge in [0.2, 0.25) is 0 Å². The van der Waals surface area contributed by atoms with E-state index in [0.29, 0.717) is 11.8 Å². The minimum absolute atomic E-state index is 0.306. The number of rotatable bonds is 5. The van der Waals surface area contributed by atoms with Crippen molar-refractivity contribution in [2.24, 2.45) is 0 Å². The minimum atomic E-state index is -0.934. The van der Waals surface area contributed by atoms with Gasteiger partial charge in [-0.15, -0.1) is 0 Å². The van der Waals surface area contributed by atoms with Gasteiger partial charge >= 0.3 is 5.97 Å². The standard InChI is InChI=1S/C16H22O3/c1-10(2)15-12(7-9-14(17)18)6-8-13(19-5)16(15)11(3)4/h6-11H,1-5H3,(H,17,18). The van der Waals surface area contributed by atoms with Crippen molar-refractivity contribution in [1.82, 2.24) is 0 Å². The maximum Gasteiger partial charge on any atom is 0.328 e. The minimum Gasteiger partial charge on any atom is -0.496 e. The van der Waals surface area contributed by atoms with Crippen LogP contribution in [0.4, 0.5) is 0 Å². The van der Waals surface area contributed by atoms with Gasteiger partial charge in [0.05, 0.1) is 7.11 Å². The van der Waals surface area contributed by atoms with Crippen LogP contribution in [0.5, 0.6) is 5.75 Å². The molecular formula is C16H22O3. The van der Waals surface area contributed by atoms with Gasteiger partial charge in [-0.3, -0.25) is 0 Å². The second-order valence-electron chi connectivity index (χ2n) is 5.17. The molecule has 0 aliphatic heterocycles. The molecule has 0 aromatic heterocycles. The number of carbonyl (C=O) groups is 1. The van der Waals surface area contributed by atoms with Gasteiger partial charge in [0.15, 0.2) is 0 Å². The lowest BCUT2D eigenvalue weighted by molar-refractivity contribution is -0.131. The molecule has 0 atom stereocenters. The molecule has 0 saturated heterocycles. The predicted octanol–water partition coefficient (Wildman–Crippen LogP) is 4.04. The highest BCUT2D eigenvalue weighted by Crippen LogP contribution is 2.36. The summed E-state index contributed by atoms with van der Waals surface area (Å²) in [5, 5.41) is 8.77. The van der Waals surface area contributed by atoms with Crippen molar-refractivity contribution in [3.05, 3.63) is 34.9 Å². The second-order valence-corrected chi connectivity index (χ2v) is 5.17. The van der Waals surface area contributed by atoms with Crippen molar-refractivity contribution in [3.8, 4) is 5.75 Å². The van der Waals surface area contributed by atoms with Crippen LogP contribution in [0.2, 0.25) is 0 Å². The summed E-state index contributed by atoms with van der Waals surface area (Å²) in [7, 11) is 1.66. The first-order valence-corrected chi connectivity index (χ1v) is 6.50. The SMILES string of the molecule is COc1ccc(C=CC(=O)O)c(C(C)C)c1C(C)C. The molecule has 1 aromatic rings. The summed E-state index contributed by atoms with van der Waals surface area (Å²) < 4.78 is 5.44. The van der Waals surface area contributed by atoms with Crippen molar-refractivity contribution in [2.45, 2.75) is 39.5 Å². The summed E-state index contributed by atoms with van der Waals surface area (Å²) in [6.45, 7) is 8.46. The molecule has 0 radical (unpaired) electrons. The molecule has 0 aliphatic carbocycles. The zero-order chi connectivity index (χ0) is 14.6. The maximum atomic E-state index is 10.7. The maximum absolute atomic E-state index is 10.7. The van der Waals surface area contributed by atoms with E-state index in [0.717, 1.165) is 22.4 Å². The van der Waals surface area contributed by atoms with E-state index in [1.807, 2.05) is 12.1 Å². The fraction of sp³-hybridized carbons (Fsp3) is 0.438. The van der Waals surface area contributed by atoms with Crippen molar-refractivity contribution < 1.29 is 14.6 Å². The molecule has 19 heavy (non-hydrogen) atoms. The monoisotopic (exact) mass is 262 g/mol. The van der Waals surface area contributed by atoms with E-state index in [2.05, 4.69) is 27.7 Å². The summed E-state index contributed by atoms with van der Waals surface area (Å²) in [5.41, 5.74) is 3.26. The highest BCUT2D eigenvalue weighted by Gasteiger charge is 2.18. The van der Waals surface area contributed by atoms with Crippen LogP contribution in [0.3, 0.4) is 0 Å². The Morgan fingerprint density at radius 3 is 2.16 bits per heavy atom. The Morgan fingerprint density at radius 2 is 1.74 bits per heavy atom. The van der Waals surface area contributed by atoms with Crippen LogP contribution in [0.1, 0.15) is 56.2 Å². The smallest absolute Gasteiger partial charge is 0.328 e. The number of benzene rings is 1. The highest BCUT2D eigenvalue weighted by molar-refractivity contribution is 5.85. The van der Waals surface area contributed by atoms with Gasteiger partial charge in [0.1, 0.15) is 5.75 Å². The lowest BCUT2D eigenvalue weighted by atomic mass is 9.86. The van der Waals surface area contributed by atoms with Gasteiger partial charge in [0, 0.05) is 11.6 Å². The van der Waals surface area contributed by atoms with Crippen molar-refractivity contribution >= 4 is 12.0 Å². The molecule has 0 amide bonds. The molecule has 0 saturated carbocycles. The Morgan fingerprint density at radius 1 is 1.16 bits per heavy atom. The fourth-order valence-corrected chi connectivity index (χ4v) is 2.36.